The van der Waals surface area contributed by atoms with Crippen LogP contribution in [-0.2, 0) is 0 Å². The number of benzene rings is 1. The van der Waals surface area contributed by atoms with Gasteiger partial charge >= 0.3 is 0 Å². The van der Waals surface area contributed by atoms with Crippen LogP contribution in [0.2, 0.25) is 0 Å². The van der Waals surface area contributed by atoms with Crippen molar-refractivity contribution >= 4 is 11.4 Å². The zero-order chi connectivity index (χ0) is 28.6. The van der Waals surface area contributed by atoms with Gasteiger partial charge in [0, 0.05) is 43.4 Å². The van der Waals surface area contributed by atoms with E-state index in [2.05, 4.69) is 76.5 Å². The summed E-state index contributed by atoms with van der Waals surface area (Å²) in [7, 11) is 0. The lowest BCUT2D eigenvalue weighted by Crippen LogP contribution is -2.34. The zero-order valence-electron chi connectivity index (χ0n) is 25.6. The maximum atomic E-state index is 13.8. The van der Waals surface area contributed by atoms with Gasteiger partial charge in [0.2, 0.25) is 0 Å². The molecule has 1 amide bonds. The number of carbonyl (C=O) groups excluding carboxylic acids is 1. The smallest absolute Gasteiger partial charge is 0.253 e. The quantitative estimate of drug-likeness (QED) is 0.252. The predicted molar refractivity (Wildman–Crippen MR) is 167 cm³/mol. The molecule has 0 aliphatic carbocycles. The van der Waals surface area contributed by atoms with Gasteiger partial charge in [0.15, 0.2) is 0 Å². The van der Waals surface area contributed by atoms with E-state index in [0.717, 1.165) is 61.2 Å². The van der Waals surface area contributed by atoms with E-state index >= 15 is 0 Å². The third-order valence-corrected chi connectivity index (χ3v) is 7.99. The maximum absolute atomic E-state index is 13.8. The molecule has 0 atom stereocenters. The van der Waals surface area contributed by atoms with Crippen molar-refractivity contribution in [3.05, 3.63) is 58.8 Å². The number of nitrogens with zero attached hydrogens (tertiary/aromatic N) is 4. The first kappa shape index (κ1) is 29.9. The molecule has 4 rings (SSSR count). The van der Waals surface area contributed by atoms with Crippen LogP contribution < -0.4 is 0 Å². The Morgan fingerprint density at radius 3 is 2.35 bits per heavy atom. The average Bonchev–Trinajstić information content (AvgIpc) is 3.29. The van der Waals surface area contributed by atoms with Gasteiger partial charge in [0.05, 0.1) is 11.1 Å². The number of likely N-dealkylation sites (tertiary alicyclic amines) is 1. The molecule has 1 aliphatic heterocycles. The van der Waals surface area contributed by atoms with Crippen LogP contribution in [0.5, 0.6) is 0 Å². The Hall–Kier alpha value is -3.10. The Morgan fingerprint density at radius 1 is 0.975 bits per heavy atom. The summed E-state index contributed by atoms with van der Waals surface area (Å²) < 4.78 is 1.90. The molecule has 2 aromatic heterocycles. The molecule has 214 valence electrons. The van der Waals surface area contributed by atoms with Crippen LogP contribution in [0.15, 0.2) is 36.5 Å². The maximum Gasteiger partial charge on any atom is 0.253 e. The van der Waals surface area contributed by atoms with E-state index in [9.17, 15) is 4.79 Å². The van der Waals surface area contributed by atoms with Gasteiger partial charge in [-0.15, -0.1) is 0 Å². The zero-order valence-corrected chi connectivity index (χ0v) is 25.6. The lowest BCUT2D eigenvalue weighted by Gasteiger charge is -2.25. The van der Waals surface area contributed by atoms with Crippen molar-refractivity contribution in [2.45, 2.75) is 80.1 Å². The van der Waals surface area contributed by atoms with Gasteiger partial charge in [0.1, 0.15) is 5.69 Å². The fraction of sp³-hybridized carbons (Fsp3) is 0.543. The molecule has 1 saturated heterocycles. The van der Waals surface area contributed by atoms with Crippen LogP contribution in [0, 0.1) is 37.5 Å². The molecule has 0 bridgehead atoms. The summed E-state index contributed by atoms with van der Waals surface area (Å²) >= 11 is 0. The summed E-state index contributed by atoms with van der Waals surface area (Å²) in [6.45, 7) is 18.0. The minimum atomic E-state index is 0.0993. The normalized spacial score (nSPS) is 14.1. The molecule has 0 radical (unpaired) electrons. The van der Waals surface area contributed by atoms with Gasteiger partial charge in [0.25, 0.3) is 5.91 Å². The Balaban J connectivity index is 1.70. The topological polar surface area (TPSA) is 40.9 Å². The van der Waals surface area contributed by atoms with E-state index < -0.39 is 0 Å². The lowest BCUT2D eigenvalue weighted by atomic mass is 9.99. The van der Waals surface area contributed by atoms with Gasteiger partial charge in [-0.2, -0.15) is 5.10 Å². The van der Waals surface area contributed by atoms with E-state index in [1.54, 1.807) is 0 Å². The fourth-order valence-corrected chi connectivity index (χ4v) is 5.35. The number of aryl methyl sites for hydroxylation is 2. The standard InChI is InChI=1S/C35H48N4O/c1-26(2)15-21-38(22-16-27(3)4)35(40)30-17-23-39-33(25-30)31(12-8-11-20-37-18-9-7-10-19-37)34(36-39)32-24-28(5)13-14-29(32)6/h13-14,17,23-27H,7,9-11,15-16,18-22H2,1-6H3. The van der Waals surface area contributed by atoms with Gasteiger partial charge < -0.3 is 9.80 Å². The summed E-state index contributed by atoms with van der Waals surface area (Å²) in [6.07, 6.45) is 8.70. The van der Waals surface area contributed by atoms with Gasteiger partial charge in [-0.3, -0.25) is 4.79 Å². The molecule has 5 heteroatoms. The molecule has 1 aromatic carbocycles. The summed E-state index contributed by atoms with van der Waals surface area (Å²) in [5.41, 5.74) is 6.90. The summed E-state index contributed by atoms with van der Waals surface area (Å²) in [5.74, 6) is 8.19. The molecule has 1 fully saturated rings. The first-order valence-corrected chi connectivity index (χ1v) is 15.3. The van der Waals surface area contributed by atoms with E-state index in [1.165, 1.54) is 43.5 Å². The molecular weight excluding hydrogens is 492 g/mol. The Morgan fingerprint density at radius 2 is 1.68 bits per heavy atom. The number of aromatic nitrogens is 2. The second-order valence-corrected chi connectivity index (χ2v) is 12.4. The number of hydrogen-bond donors (Lipinski definition) is 0. The third-order valence-electron chi connectivity index (χ3n) is 7.99. The summed E-state index contributed by atoms with van der Waals surface area (Å²) in [4.78, 5) is 18.4. The van der Waals surface area contributed by atoms with Gasteiger partial charge in [-0.1, -0.05) is 63.7 Å². The highest BCUT2D eigenvalue weighted by Gasteiger charge is 2.20. The largest absolute Gasteiger partial charge is 0.339 e. The average molecular weight is 541 g/mol. The first-order valence-electron chi connectivity index (χ1n) is 15.3. The molecule has 0 spiro atoms. The minimum Gasteiger partial charge on any atom is -0.339 e. The highest BCUT2D eigenvalue weighted by atomic mass is 16.2. The van der Waals surface area contributed by atoms with E-state index in [4.69, 9.17) is 5.10 Å². The van der Waals surface area contributed by atoms with Crippen LogP contribution in [0.1, 0.15) is 93.3 Å². The van der Waals surface area contributed by atoms with E-state index in [1.807, 2.05) is 27.7 Å². The van der Waals surface area contributed by atoms with E-state index in [-0.39, 0.29) is 5.91 Å². The molecule has 0 N–H and O–H groups in total. The third kappa shape index (κ3) is 7.76. The number of piperidine rings is 1. The molecule has 1 aliphatic rings. The first-order chi connectivity index (χ1) is 19.2. The van der Waals surface area contributed by atoms with Crippen molar-refractivity contribution in [1.82, 2.24) is 19.4 Å². The highest BCUT2D eigenvalue weighted by molar-refractivity contribution is 5.96. The molecular formula is C35H48N4O. The van der Waals surface area contributed by atoms with Crippen molar-refractivity contribution in [2.75, 3.05) is 32.7 Å². The number of carbonyl (C=O) groups is 1. The van der Waals surface area contributed by atoms with Crippen LogP contribution in [0.25, 0.3) is 16.8 Å². The summed E-state index contributed by atoms with van der Waals surface area (Å²) in [5, 5.41) is 5.00. The monoisotopic (exact) mass is 540 g/mol. The highest BCUT2D eigenvalue weighted by Crippen LogP contribution is 2.30. The second kappa shape index (κ2) is 14.0. The Kier molecular flexibility index (Phi) is 10.5. The summed E-state index contributed by atoms with van der Waals surface area (Å²) in [6, 6.07) is 10.4. The number of rotatable bonds is 10. The molecule has 40 heavy (non-hydrogen) atoms. The van der Waals surface area contributed by atoms with Crippen molar-refractivity contribution in [3.8, 4) is 23.1 Å². The van der Waals surface area contributed by atoms with Gasteiger partial charge in [-0.25, -0.2) is 4.52 Å². The number of hydrogen-bond acceptors (Lipinski definition) is 3. The minimum absolute atomic E-state index is 0.0993. The van der Waals surface area contributed by atoms with Gasteiger partial charge in [-0.05, 0) is 88.2 Å². The molecule has 3 heterocycles. The van der Waals surface area contributed by atoms with E-state index in [0.29, 0.717) is 17.4 Å². The van der Waals surface area contributed by atoms with Crippen molar-refractivity contribution in [2.24, 2.45) is 11.8 Å². The Labute approximate surface area is 241 Å². The second-order valence-electron chi connectivity index (χ2n) is 12.4. The van der Waals surface area contributed by atoms with Crippen LogP contribution in [0.3, 0.4) is 0 Å². The lowest BCUT2D eigenvalue weighted by molar-refractivity contribution is 0.0741. The van der Waals surface area contributed by atoms with Crippen molar-refractivity contribution in [1.29, 1.82) is 0 Å². The van der Waals surface area contributed by atoms with Crippen LogP contribution >= 0.6 is 0 Å². The number of fused-ring (bicyclic) bond motifs is 1. The molecule has 5 nitrogen and oxygen atoms in total. The molecule has 0 saturated carbocycles. The molecule has 3 aromatic rings. The number of pyridine rings is 1. The predicted octanol–water partition coefficient (Wildman–Crippen LogP) is 7.38. The fourth-order valence-electron chi connectivity index (χ4n) is 5.35. The molecule has 0 unspecified atom stereocenters. The number of amides is 1. The van der Waals surface area contributed by atoms with Crippen LogP contribution in [-0.4, -0.2) is 58.0 Å². The SMILES string of the molecule is Cc1ccc(C)c(-c2nn3ccc(C(=O)N(CCC(C)C)CCC(C)C)cc3c2C#CCCN2CCCCC2)c1. The van der Waals surface area contributed by atoms with Crippen molar-refractivity contribution in [3.63, 3.8) is 0 Å². The van der Waals surface area contributed by atoms with Crippen LogP contribution in [0.4, 0.5) is 0 Å². The van der Waals surface area contributed by atoms with Crippen molar-refractivity contribution < 1.29 is 4.79 Å². The Bertz CT molecular complexity index is 1340.